The van der Waals surface area contributed by atoms with E-state index in [0.717, 1.165) is 90.0 Å². The summed E-state index contributed by atoms with van der Waals surface area (Å²) < 4.78 is 0. The van der Waals surface area contributed by atoms with Crippen molar-refractivity contribution in [2.45, 2.75) is 5.91 Å². The normalized spacial score (nSPS) is 13.4. The zero-order valence-electron chi connectivity index (χ0n) is 48.6. The number of hydrogen-bond donors (Lipinski definition) is 0. The van der Waals surface area contributed by atoms with Crippen molar-refractivity contribution >= 4 is 110 Å². The summed E-state index contributed by atoms with van der Waals surface area (Å²) in [4.78, 5) is 10.8. The molecule has 16 aromatic carbocycles. The summed E-state index contributed by atoms with van der Waals surface area (Å²) in [6, 6.07) is 127. The fourth-order valence-electron chi connectivity index (χ4n) is 14.9. The van der Waals surface area contributed by atoms with Gasteiger partial charge in [-0.1, -0.05) is 267 Å². The molecule has 0 aliphatic carbocycles. The lowest BCUT2D eigenvalue weighted by Crippen LogP contribution is -2.70. The van der Waals surface area contributed by atoms with Crippen molar-refractivity contribution in [1.29, 1.82) is 0 Å². The number of nitrogens with zero attached hydrogens (tertiary/aromatic N) is 4. The first-order valence-electron chi connectivity index (χ1n) is 30.7. The molecule has 0 atom stereocenters. The molecule has 18 rings (SSSR count). The van der Waals surface area contributed by atoms with Crippen molar-refractivity contribution < 1.29 is 0 Å². The summed E-state index contributed by atoms with van der Waals surface area (Å²) in [6.07, 6.45) is 0. The van der Waals surface area contributed by atoms with E-state index < -0.39 is 5.91 Å². The maximum Gasteiger partial charge on any atom is 0.295 e. The fourth-order valence-corrected chi connectivity index (χ4v) is 14.9. The van der Waals surface area contributed by atoms with Gasteiger partial charge in [0.05, 0.1) is 22.7 Å². The van der Waals surface area contributed by atoms with Crippen LogP contribution in [0.15, 0.2) is 340 Å². The van der Waals surface area contributed by atoms with Gasteiger partial charge in [0.15, 0.2) is 0 Å². The van der Waals surface area contributed by atoms with Crippen LogP contribution in [0.3, 0.4) is 0 Å². The second-order valence-corrected chi connectivity index (χ2v) is 23.6. The van der Waals surface area contributed by atoms with Crippen molar-refractivity contribution in [3.8, 4) is 44.5 Å². The molecule has 0 aromatic heterocycles. The van der Waals surface area contributed by atoms with E-state index in [1.165, 1.54) is 64.6 Å². The highest BCUT2D eigenvalue weighted by Crippen LogP contribution is 2.67. The summed E-state index contributed by atoms with van der Waals surface area (Å²) in [7, 11) is 0. The van der Waals surface area contributed by atoms with Crippen LogP contribution in [0.5, 0.6) is 0 Å². The van der Waals surface area contributed by atoms with Gasteiger partial charge in [-0.2, -0.15) is 0 Å². The minimum absolute atomic E-state index is 1.03. The van der Waals surface area contributed by atoms with Gasteiger partial charge in [0.2, 0.25) is 0 Å². The van der Waals surface area contributed by atoms with Gasteiger partial charge in [-0.25, -0.2) is 0 Å². The Morgan fingerprint density at radius 3 is 0.539 bits per heavy atom. The molecule has 0 saturated heterocycles. The summed E-state index contributed by atoms with van der Waals surface area (Å²) in [6.45, 7) is 0. The zero-order valence-corrected chi connectivity index (χ0v) is 48.6. The average molecular weight is 1130 g/mol. The van der Waals surface area contributed by atoms with Gasteiger partial charge in [0.1, 0.15) is 0 Å². The van der Waals surface area contributed by atoms with Crippen LogP contribution in [0.25, 0.3) is 109 Å². The average Bonchev–Trinajstić information content (AvgIpc) is 1.50. The van der Waals surface area contributed by atoms with E-state index in [-0.39, 0.29) is 0 Å². The molecule has 416 valence electrons. The monoisotopic (exact) mass is 1130 g/mol. The van der Waals surface area contributed by atoms with E-state index in [2.05, 4.69) is 359 Å². The van der Waals surface area contributed by atoms with E-state index in [4.69, 9.17) is 0 Å². The summed E-state index contributed by atoms with van der Waals surface area (Å²) in [5.41, 5.74) is 17.4. The van der Waals surface area contributed by atoms with Crippen LogP contribution in [-0.4, -0.2) is 5.91 Å². The first-order chi connectivity index (χ1) is 44.2. The molecule has 0 bridgehead atoms. The first-order valence-corrected chi connectivity index (χ1v) is 30.7. The molecule has 0 saturated carbocycles. The van der Waals surface area contributed by atoms with Crippen LogP contribution in [-0.2, 0) is 0 Å². The van der Waals surface area contributed by atoms with Gasteiger partial charge < -0.3 is 0 Å². The Labute approximate surface area is 516 Å². The molecule has 0 N–H and O–H groups in total. The predicted molar refractivity (Wildman–Crippen MR) is 377 cm³/mol. The molecule has 89 heavy (non-hydrogen) atoms. The first kappa shape index (κ1) is 50.6. The Hall–Kier alpha value is -11.7. The minimum atomic E-state index is -1.34. The lowest BCUT2D eigenvalue weighted by Gasteiger charge is -2.53. The van der Waals surface area contributed by atoms with Crippen LogP contribution in [0.4, 0.5) is 45.5 Å². The van der Waals surface area contributed by atoms with E-state index >= 15 is 0 Å². The number of rotatable bonds is 8. The second kappa shape index (κ2) is 20.2. The highest BCUT2D eigenvalue weighted by Gasteiger charge is 2.65. The molecule has 2 aliphatic rings. The molecule has 1 spiro atoms. The maximum atomic E-state index is 2.69. The van der Waals surface area contributed by atoms with Gasteiger partial charge in [-0.05, 0) is 182 Å². The Kier molecular flexibility index (Phi) is 11.5. The van der Waals surface area contributed by atoms with E-state index in [0.29, 0.717) is 0 Å². The van der Waals surface area contributed by atoms with Gasteiger partial charge >= 0.3 is 0 Å². The number of anilines is 8. The number of benzene rings is 16. The molecule has 0 fully saturated rings. The fraction of sp³-hybridized carbons (Fsp3) is 0.0118. The van der Waals surface area contributed by atoms with Gasteiger partial charge in [0.25, 0.3) is 5.91 Å². The summed E-state index contributed by atoms with van der Waals surface area (Å²) >= 11 is 0. The molecule has 4 heteroatoms. The molecule has 0 amide bonds. The molecule has 0 radical (unpaired) electrons. The van der Waals surface area contributed by atoms with Crippen LogP contribution in [0.2, 0.25) is 0 Å². The van der Waals surface area contributed by atoms with Crippen molar-refractivity contribution in [2.75, 3.05) is 19.6 Å². The smallest absolute Gasteiger partial charge is 0.280 e. The molecular formula is C85H56N4. The van der Waals surface area contributed by atoms with Crippen molar-refractivity contribution in [3.05, 3.63) is 340 Å². The van der Waals surface area contributed by atoms with E-state index in [9.17, 15) is 0 Å². The quantitative estimate of drug-likeness (QED) is 0.141. The van der Waals surface area contributed by atoms with Crippen molar-refractivity contribution in [1.82, 2.24) is 0 Å². The number of hydrogen-bond acceptors (Lipinski definition) is 4. The number of fused-ring (bicyclic) bond motifs is 14. The highest BCUT2D eigenvalue weighted by atomic mass is 15.8. The van der Waals surface area contributed by atoms with Crippen molar-refractivity contribution in [2.24, 2.45) is 0 Å². The van der Waals surface area contributed by atoms with Crippen molar-refractivity contribution in [3.63, 3.8) is 0 Å². The minimum Gasteiger partial charge on any atom is -0.280 e. The Bertz CT molecular complexity index is 4790. The third kappa shape index (κ3) is 7.80. The largest absolute Gasteiger partial charge is 0.295 e. The maximum absolute atomic E-state index is 2.69. The molecule has 2 aliphatic heterocycles. The summed E-state index contributed by atoms with van der Waals surface area (Å²) in [5.74, 6) is -1.34. The standard InChI is InChI=1S/C85H56N4/c1-5-25-57(26-6-1)61-33-21-37-65(49-61)86-81-53-77-73-45-17-13-41-69(73)70-42-14-18-46-74(70)78(77)54-82(81)87(66-38-22-34-62(50-66)58-27-7-2-8-28-58)85(86)88(67-39-23-35-63(51-67)59-29-9-3-10-30-59)83-55-79-75-47-19-15-43-71(75)72-44-16-20-48-76(72)80(79)56-84(83)89(85)68-40-24-36-64(52-68)60-31-11-4-12-32-60/h1-56H. The summed E-state index contributed by atoms with van der Waals surface area (Å²) in [5, 5.41) is 14.5. The zero-order chi connectivity index (χ0) is 58.6. The topological polar surface area (TPSA) is 13.0 Å². The lowest BCUT2D eigenvalue weighted by molar-refractivity contribution is 0.480. The molecule has 16 aromatic rings. The van der Waals surface area contributed by atoms with Crippen LogP contribution < -0.4 is 19.6 Å². The van der Waals surface area contributed by atoms with Crippen LogP contribution in [0, 0.1) is 0 Å². The van der Waals surface area contributed by atoms with E-state index in [1.807, 2.05) is 0 Å². The van der Waals surface area contributed by atoms with Crippen LogP contribution in [0.1, 0.15) is 0 Å². The Morgan fingerprint density at radius 2 is 0.326 bits per heavy atom. The third-order valence-corrected chi connectivity index (χ3v) is 18.7. The third-order valence-electron chi connectivity index (χ3n) is 18.7. The molecule has 2 heterocycles. The van der Waals surface area contributed by atoms with E-state index in [1.54, 1.807) is 0 Å². The van der Waals surface area contributed by atoms with Gasteiger partial charge in [0, 0.05) is 22.7 Å². The Balaban J connectivity index is 1.07. The lowest BCUT2D eigenvalue weighted by atomic mass is 9.93. The second-order valence-electron chi connectivity index (χ2n) is 23.6. The molecular weight excluding hydrogens is 1080 g/mol. The molecule has 4 nitrogen and oxygen atoms in total. The van der Waals surface area contributed by atoms with Gasteiger partial charge in [-0.15, -0.1) is 0 Å². The highest BCUT2D eigenvalue weighted by molar-refractivity contribution is 6.29. The molecule has 0 unspecified atom stereocenters. The van der Waals surface area contributed by atoms with Gasteiger partial charge in [-0.3, -0.25) is 19.6 Å². The Morgan fingerprint density at radius 1 is 0.146 bits per heavy atom. The predicted octanol–water partition coefficient (Wildman–Crippen LogP) is 23.2. The van der Waals surface area contributed by atoms with Crippen LogP contribution >= 0.6 is 0 Å². The SMILES string of the molecule is c1ccc(-c2cccc(N3c4cc5c6ccccc6c6ccccc6c5cc4N(c4cccc(-c5ccccc5)c4)C34N(c3cccc(-c5ccccc5)c3)c3cc5c6ccccc6c6ccccc6c5cc3N4c3cccc(-c4ccccc4)c3)c2)cc1.